The van der Waals surface area contributed by atoms with Crippen molar-refractivity contribution in [1.29, 1.82) is 0 Å². The van der Waals surface area contributed by atoms with Crippen LogP contribution in [0.25, 0.3) is 11.0 Å². The lowest BCUT2D eigenvalue weighted by Crippen LogP contribution is -2.53. The Morgan fingerprint density at radius 1 is 0.805 bits per heavy atom. The third-order valence-electron chi connectivity index (χ3n) is 7.37. The highest BCUT2D eigenvalue weighted by Crippen LogP contribution is 2.21. The number of fused-ring (bicyclic) bond motifs is 1. The molecule has 14 nitrogen and oxygen atoms in total. The Kier molecular flexibility index (Phi) is 14.3. The summed E-state index contributed by atoms with van der Waals surface area (Å²) in [6.07, 6.45) is -13.6. The van der Waals surface area contributed by atoms with Crippen LogP contribution in [-0.4, -0.2) is 149 Å². The zero-order chi connectivity index (χ0) is 30.9. The van der Waals surface area contributed by atoms with Crippen LogP contribution < -0.4 is 9.30 Å². The van der Waals surface area contributed by atoms with Crippen LogP contribution in [0.15, 0.2) is 18.2 Å². The molecule has 8 atom stereocenters. The van der Waals surface area contributed by atoms with Gasteiger partial charge in [0.15, 0.2) is 11.0 Å². The van der Waals surface area contributed by atoms with Crippen LogP contribution in [0.1, 0.15) is 26.1 Å². The Bertz CT molecular complexity index is 1030. The molecule has 0 radical (unpaired) electrons. The standard InChI is InChI=1S/C27H48N3O11/c1-4-29-16(3)30(5-2)19-11-17(7-8-18(19)29)41-10-6-9-28(12-20(33)24(37)26(39)22(35)14-31)13-21(34)25(38)27(40)23(36)15-32/h7-8,11,20-27,31-40H,4-6,9-10,12-15H2,1-3H3/q+1/t20-,21-,22+,23+,24+,25+,26+,27+/m0/s1. The maximum Gasteiger partial charge on any atom is 0.254 e. The van der Waals surface area contributed by atoms with Crippen LogP contribution in [-0.2, 0) is 13.1 Å². The average Bonchev–Trinajstić information content (AvgIpc) is 3.25. The molecule has 0 unspecified atom stereocenters. The number of aliphatic hydroxyl groups excluding tert-OH is 10. The first-order valence-corrected chi connectivity index (χ1v) is 14.0. The van der Waals surface area contributed by atoms with Crippen LogP contribution in [0.5, 0.6) is 5.75 Å². The molecule has 2 aromatic rings. The lowest BCUT2D eigenvalue weighted by molar-refractivity contribution is -0.674. The monoisotopic (exact) mass is 590 g/mol. The molecule has 1 aromatic carbocycles. The summed E-state index contributed by atoms with van der Waals surface area (Å²) in [6, 6.07) is 5.82. The minimum atomic E-state index is -1.84. The van der Waals surface area contributed by atoms with E-state index in [0.29, 0.717) is 12.2 Å². The first kappa shape index (κ1) is 35.2. The maximum absolute atomic E-state index is 10.5. The predicted molar refractivity (Wildman–Crippen MR) is 147 cm³/mol. The van der Waals surface area contributed by atoms with Gasteiger partial charge in [-0.3, -0.25) is 4.90 Å². The third-order valence-corrected chi connectivity index (χ3v) is 7.37. The minimum absolute atomic E-state index is 0.174. The molecule has 0 fully saturated rings. The first-order valence-electron chi connectivity index (χ1n) is 14.0. The summed E-state index contributed by atoms with van der Waals surface area (Å²) in [4.78, 5) is 1.44. The number of hydrogen-bond donors (Lipinski definition) is 10. The number of imidazole rings is 1. The molecule has 41 heavy (non-hydrogen) atoms. The fourth-order valence-electron chi connectivity index (χ4n) is 4.94. The van der Waals surface area contributed by atoms with Crippen molar-refractivity contribution in [2.24, 2.45) is 0 Å². The first-order chi connectivity index (χ1) is 19.4. The van der Waals surface area contributed by atoms with Crippen molar-refractivity contribution in [3.8, 4) is 5.75 Å². The molecule has 0 saturated carbocycles. The minimum Gasteiger partial charge on any atom is -0.493 e. The summed E-state index contributed by atoms with van der Waals surface area (Å²) in [6.45, 7) is 5.91. The molecule has 0 amide bonds. The van der Waals surface area contributed by atoms with Crippen LogP contribution >= 0.6 is 0 Å². The smallest absolute Gasteiger partial charge is 0.254 e. The highest BCUT2D eigenvalue weighted by atomic mass is 16.5. The van der Waals surface area contributed by atoms with Crippen LogP contribution in [0, 0.1) is 6.92 Å². The van der Waals surface area contributed by atoms with Crippen molar-refractivity contribution in [1.82, 2.24) is 9.47 Å². The Hall–Kier alpha value is -1.95. The largest absolute Gasteiger partial charge is 0.493 e. The van der Waals surface area contributed by atoms with E-state index in [2.05, 4.69) is 29.9 Å². The SMILES string of the molecule is CCn1c(C)[n+](CC)c2ccc(OCCCN(C[C@H](O)[C@@H](O)[C@H](O)[C@H](O)CO)C[C@H](O)[C@@H](O)[C@H](O)[C@H](O)CO)cc21. The average molecular weight is 591 g/mol. The van der Waals surface area contributed by atoms with Gasteiger partial charge in [-0.25, -0.2) is 9.13 Å². The second-order valence-corrected chi connectivity index (χ2v) is 10.2. The zero-order valence-corrected chi connectivity index (χ0v) is 23.9. The number of rotatable bonds is 19. The molecule has 0 saturated heterocycles. The topological polar surface area (TPSA) is 224 Å². The van der Waals surface area contributed by atoms with Gasteiger partial charge in [0.05, 0.1) is 45.1 Å². The van der Waals surface area contributed by atoms with Gasteiger partial charge in [0.2, 0.25) is 0 Å². The van der Waals surface area contributed by atoms with E-state index in [-0.39, 0.29) is 26.2 Å². The molecular weight excluding hydrogens is 542 g/mol. The summed E-state index contributed by atoms with van der Waals surface area (Å²) in [5.41, 5.74) is 2.12. The fourth-order valence-corrected chi connectivity index (χ4v) is 4.94. The van der Waals surface area contributed by atoms with E-state index in [1.807, 2.05) is 18.2 Å². The van der Waals surface area contributed by atoms with Gasteiger partial charge in [-0.2, -0.15) is 0 Å². The molecular formula is C27H48N3O11+. The van der Waals surface area contributed by atoms with Gasteiger partial charge in [-0.15, -0.1) is 0 Å². The van der Waals surface area contributed by atoms with Gasteiger partial charge < -0.3 is 55.8 Å². The maximum atomic E-state index is 10.5. The number of aliphatic hydroxyl groups is 10. The number of benzene rings is 1. The van der Waals surface area contributed by atoms with E-state index < -0.39 is 62.0 Å². The number of hydrogen-bond acceptors (Lipinski definition) is 12. The van der Waals surface area contributed by atoms with Gasteiger partial charge in [0.1, 0.15) is 42.4 Å². The Morgan fingerprint density at radius 3 is 1.78 bits per heavy atom. The second kappa shape index (κ2) is 16.6. The molecule has 0 aliphatic rings. The van der Waals surface area contributed by atoms with E-state index in [1.165, 1.54) is 4.90 Å². The Balaban J connectivity index is 2.09. The molecule has 1 aromatic heterocycles. The van der Waals surface area contributed by atoms with E-state index in [1.54, 1.807) is 0 Å². The second-order valence-electron chi connectivity index (χ2n) is 10.2. The number of nitrogens with zero attached hydrogens (tertiary/aromatic N) is 3. The lowest BCUT2D eigenvalue weighted by atomic mass is 10.0. The Labute approximate surface area is 239 Å². The summed E-state index contributed by atoms with van der Waals surface area (Å²) < 4.78 is 10.4. The van der Waals surface area contributed by atoms with E-state index in [0.717, 1.165) is 29.9 Å². The molecule has 0 spiro atoms. The van der Waals surface area contributed by atoms with Crippen molar-refractivity contribution in [3.63, 3.8) is 0 Å². The van der Waals surface area contributed by atoms with Crippen molar-refractivity contribution in [3.05, 3.63) is 24.0 Å². The highest BCUT2D eigenvalue weighted by Gasteiger charge is 2.34. The molecule has 1 heterocycles. The summed E-state index contributed by atoms with van der Waals surface area (Å²) >= 11 is 0. The highest BCUT2D eigenvalue weighted by molar-refractivity contribution is 5.74. The molecule has 0 aliphatic carbocycles. The number of aromatic nitrogens is 2. The van der Waals surface area contributed by atoms with Crippen LogP contribution in [0.4, 0.5) is 0 Å². The van der Waals surface area contributed by atoms with E-state index in [4.69, 9.17) is 14.9 Å². The third kappa shape index (κ3) is 9.02. The zero-order valence-electron chi connectivity index (χ0n) is 23.9. The van der Waals surface area contributed by atoms with Gasteiger partial charge in [0.25, 0.3) is 5.82 Å². The summed E-state index contributed by atoms with van der Waals surface area (Å²) in [7, 11) is 0. The molecule has 236 valence electrons. The number of ether oxygens (including phenoxy) is 1. The molecule has 0 bridgehead atoms. The normalized spacial score (nSPS) is 18.2. The van der Waals surface area contributed by atoms with Gasteiger partial charge in [-0.05, 0) is 32.4 Å². The molecule has 0 aliphatic heterocycles. The van der Waals surface area contributed by atoms with E-state index in [9.17, 15) is 40.9 Å². The predicted octanol–water partition coefficient (Wildman–Crippen LogP) is -3.78. The fraction of sp³-hybridized carbons (Fsp3) is 0.741. The van der Waals surface area contributed by atoms with Crippen LogP contribution in [0.3, 0.4) is 0 Å². The van der Waals surface area contributed by atoms with E-state index >= 15 is 0 Å². The van der Waals surface area contributed by atoms with Crippen molar-refractivity contribution in [2.75, 3.05) is 39.5 Å². The molecule has 2 rings (SSSR count). The molecule has 14 heteroatoms. The lowest BCUT2D eigenvalue weighted by Gasteiger charge is -2.33. The van der Waals surface area contributed by atoms with Crippen LogP contribution in [0.2, 0.25) is 0 Å². The van der Waals surface area contributed by atoms with Gasteiger partial charge in [0, 0.05) is 32.6 Å². The Morgan fingerprint density at radius 2 is 1.32 bits per heavy atom. The van der Waals surface area contributed by atoms with Gasteiger partial charge in [-0.1, -0.05) is 0 Å². The quantitative estimate of drug-likeness (QED) is 0.0562. The number of aryl methyl sites for hydroxylation is 2. The molecule has 10 N–H and O–H groups in total. The van der Waals surface area contributed by atoms with Crippen molar-refractivity contribution >= 4 is 11.0 Å². The summed E-state index contributed by atoms with van der Waals surface area (Å²) in [5.74, 6) is 1.78. The van der Waals surface area contributed by atoms with Crippen molar-refractivity contribution < 1.29 is 60.4 Å². The summed E-state index contributed by atoms with van der Waals surface area (Å²) in [5, 5.41) is 98.5. The van der Waals surface area contributed by atoms with Crippen molar-refractivity contribution in [2.45, 2.75) is 89.1 Å². The van der Waals surface area contributed by atoms with Gasteiger partial charge >= 0.3 is 0 Å².